The Kier molecular flexibility index (Phi) is 4.82. The number of fused-ring (bicyclic) bond motifs is 6. The Labute approximate surface area is 202 Å². The summed E-state index contributed by atoms with van der Waals surface area (Å²) in [5.41, 5.74) is -0.441. The summed E-state index contributed by atoms with van der Waals surface area (Å²) in [6.45, 7) is 0.271. The number of benzene rings is 1. The molecule has 3 aliphatic rings. The first kappa shape index (κ1) is 22.4. The molecule has 1 aromatic carbocycles. The van der Waals surface area contributed by atoms with Gasteiger partial charge < -0.3 is 34.3 Å². The minimum atomic E-state index is -1.99. The molecule has 0 fully saturated rings. The number of nitrogens with zero attached hydrogens (tertiary/aromatic N) is 2. The molecule has 3 N–H and O–H groups in total. The highest BCUT2D eigenvalue weighted by molar-refractivity contribution is 5.92. The van der Waals surface area contributed by atoms with E-state index in [1.807, 2.05) is 0 Å². The highest BCUT2D eigenvalue weighted by atomic mass is 19.1. The van der Waals surface area contributed by atoms with Gasteiger partial charge in [-0.2, -0.15) is 0 Å². The molecular formula is C24H20FN3O8. The van der Waals surface area contributed by atoms with E-state index < -0.39 is 35.5 Å². The molecule has 3 aromatic rings. The van der Waals surface area contributed by atoms with Crippen molar-refractivity contribution in [2.24, 2.45) is 0 Å². The number of hydrogen-bond acceptors (Lipinski definition) is 9. The summed E-state index contributed by atoms with van der Waals surface area (Å²) in [7, 11) is 0. The first-order valence-electron chi connectivity index (χ1n) is 11.3. The topological polar surface area (TPSA) is 149 Å². The maximum Gasteiger partial charge on any atom is 0.343 e. The van der Waals surface area contributed by atoms with E-state index in [1.165, 1.54) is 10.6 Å². The summed E-state index contributed by atoms with van der Waals surface area (Å²) in [5, 5.41) is 22.8. The monoisotopic (exact) mass is 497 g/mol. The fraction of sp³-hybridized carbons (Fsp3) is 0.333. The van der Waals surface area contributed by atoms with Crippen LogP contribution in [0.4, 0.5) is 4.39 Å². The molecule has 1 amide bonds. The van der Waals surface area contributed by atoms with Gasteiger partial charge in [0, 0.05) is 29.1 Å². The molecule has 0 aliphatic carbocycles. The van der Waals surface area contributed by atoms with Crippen molar-refractivity contribution in [1.29, 1.82) is 0 Å². The minimum absolute atomic E-state index is 0.00708. The molecule has 186 valence electrons. The van der Waals surface area contributed by atoms with Gasteiger partial charge in [0.05, 0.1) is 29.0 Å². The van der Waals surface area contributed by atoms with Crippen LogP contribution in [0.25, 0.3) is 22.3 Å². The minimum Gasteiger partial charge on any atom is -0.458 e. The average Bonchev–Trinajstić information content (AvgIpc) is 3.49. The number of aliphatic hydroxyl groups excluding tert-OH is 1. The lowest BCUT2D eigenvalue weighted by Crippen LogP contribution is -2.44. The van der Waals surface area contributed by atoms with Gasteiger partial charge >= 0.3 is 5.97 Å². The third-order valence-electron chi connectivity index (χ3n) is 6.98. The largest absolute Gasteiger partial charge is 0.458 e. The van der Waals surface area contributed by atoms with E-state index in [1.54, 1.807) is 13.0 Å². The van der Waals surface area contributed by atoms with Gasteiger partial charge in [-0.05, 0) is 18.1 Å². The molecule has 0 unspecified atom stereocenters. The van der Waals surface area contributed by atoms with Gasteiger partial charge in [0.15, 0.2) is 17.2 Å². The van der Waals surface area contributed by atoms with Gasteiger partial charge in [0.1, 0.15) is 13.2 Å². The summed E-state index contributed by atoms with van der Waals surface area (Å²) in [6.07, 6.45) is -0.00708. The smallest absolute Gasteiger partial charge is 0.343 e. The second kappa shape index (κ2) is 7.73. The standard InChI is InChI=1S/C24H20FN3O8/c1-2-24(33)13-3-15-20-11(6-28(15)22(31)12(13)8-34-23(24)32)10(5-26-17(30)7-29)18-14(27-20)4-16-21(19(18)25)36-9-35-16/h3-4,29,33H,2,5-9H2,1H3,(H,26,30)/t24-/m0/s1. The Hall–Kier alpha value is -4.03. The number of pyridine rings is 2. The van der Waals surface area contributed by atoms with Gasteiger partial charge in [-0.1, -0.05) is 6.92 Å². The van der Waals surface area contributed by atoms with Gasteiger partial charge in [0.25, 0.3) is 5.56 Å². The van der Waals surface area contributed by atoms with E-state index >= 15 is 4.39 Å². The van der Waals surface area contributed by atoms with Crippen molar-refractivity contribution in [3.05, 3.63) is 50.6 Å². The van der Waals surface area contributed by atoms with Crippen LogP contribution in [-0.2, 0) is 39.6 Å². The second-order valence-corrected chi connectivity index (χ2v) is 8.77. The zero-order valence-corrected chi connectivity index (χ0v) is 19.0. The third kappa shape index (κ3) is 2.91. The number of aliphatic hydroxyl groups is 2. The van der Waals surface area contributed by atoms with E-state index in [9.17, 15) is 19.5 Å². The van der Waals surface area contributed by atoms with Crippen molar-refractivity contribution < 1.29 is 38.4 Å². The highest BCUT2D eigenvalue weighted by Crippen LogP contribution is 2.44. The molecule has 0 spiro atoms. The van der Waals surface area contributed by atoms with Crippen molar-refractivity contribution in [1.82, 2.24) is 14.9 Å². The summed E-state index contributed by atoms with van der Waals surface area (Å²) >= 11 is 0. The van der Waals surface area contributed by atoms with E-state index in [-0.39, 0.29) is 66.4 Å². The van der Waals surface area contributed by atoms with Crippen molar-refractivity contribution >= 4 is 22.8 Å². The van der Waals surface area contributed by atoms with E-state index in [0.29, 0.717) is 22.5 Å². The van der Waals surface area contributed by atoms with Crippen molar-refractivity contribution in [2.75, 3.05) is 13.4 Å². The Morgan fingerprint density at radius 2 is 2.06 bits per heavy atom. The number of cyclic esters (lactones) is 1. The van der Waals surface area contributed by atoms with Crippen LogP contribution < -0.4 is 20.3 Å². The number of aromatic nitrogens is 2. The van der Waals surface area contributed by atoms with Gasteiger partial charge in [-0.25, -0.2) is 14.2 Å². The maximum absolute atomic E-state index is 15.6. The Morgan fingerprint density at radius 3 is 2.81 bits per heavy atom. The normalized spacial score (nSPS) is 19.1. The number of esters is 1. The molecular weight excluding hydrogens is 477 g/mol. The summed E-state index contributed by atoms with van der Waals surface area (Å²) in [5.74, 6) is -2.13. The first-order valence-corrected chi connectivity index (χ1v) is 11.3. The lowest BCUT2D eigenvalue weighted by atomic mass is 9.86. The molecule has 5 heterocycles. The van der Waals surface area contributed by atoms with Gasteiger partial charge in [-0.15, -0.1) is 0 Å². The van der Waals surface area contributed by atoms with Gasteiger partial charge in [-0.3, -0.25) is 9.59 Å². The van der Waals surface area contributed by atoms with Crippen LogP contribution >= 0.6 is 0 Å². The van der Waals surface area contributed by atoms with Crippen LogP contribution in [0, 0.1) is 5.82 Å². The van der Waals surface area contributed by atoms with E-state index in [2.05, 4.69) is 10.3 Å². The molecule has 3 aliphatic heterocycles. The van der Waals surface area contributed by atoms with Crippen LogP contribution in [-0.4, -0.2) is 45.0 Å². The number of carbonyl (C=O) groups is 2. The molecule has 2 aromatic heterocycles. The van der Waals surface area contributed by atoms with Crippen molar-refractivity contribution in [3.8, 4) is 22.9 Å². The molecule has 0 saturated carbocycles. The molecule has 12 heteroatoms. The molecule has 6 rings (SSSR count). The zero-order chi connectivity index (χ0) is 25.4. The number of hydrogen-bond donors (Lipinski definition) is 3. The molecule has 0 radical (unpaired) electrons. The van der Waals surface area contributed by atoms with Crippen LogP contribution in [0.2, 0.25) is 0 Å². The fourth-order valence-electron chi connectivity index (χ4n) is 5.08. The lowest BCUT2D eigenvalue weighted by molar-refractivity contribution is -0.172. The third-order valence-corrected chi connectivity index (χ3v) is 6.98. The Morgan fingerprint density at radius 1 is 1.25 bits per heavy atom. The molecule has 36 heavy (non-hydrogen) atoms. The Bertz CT molecular complexity index is 1570. The quantitative estimate of drug-likeness (QED) is 0.344. The van der Waals surface area contributed by atoms with E-state index in [0.717, 1.165) is 0 Å². The van der Waals surface area contributed by atoms with Crippen LogP contribution in [0.15, 0.2) is 16.9 Å². The Balaban J connectivity index is 1.63. The number of ether oxygens (including phenoxy) is 3. The number of carbonyl (C=O) groups excluding carboxylic acids is 2. The van der Waals surface area contributed by atoms with Crippen LogP contribution in [0.1, 0.15) is 35.6 Å². The number of rotatable bonds is 4. The van der Waals surface area contributed by atoms with E-state index in [4.69, 9.17) is 19.3 Å². The summed E-state index contributed by atoms with van der Waals surface area (Å²) < 4.78 is 32.7. The average molecular weight is 497 g/mol. The summed E-state index contributed by atoms with van der Waals surface area (Å²) in [4.78, 5) is 42.3. The fourth-order valence-corrected chi connectivity index (χ4v) is 5.08. The maximum atomic E-state index is 15.6. The number of nitrogens with one attached hydrogen (secondary N) is 1. The number of halogens is 1. The molecule has 0 bridgehead atoms. The SMILES string of the molecule is CC[C@@]1(O)C(=O)OCc2c1cc1n(c2=O)Cc2c-1nc1cc3c(c(F)c1c2CNC(=O)CO)OCO3. The number of amides is 1. The molecule has 0 saturated heterocycles. The van der Waals surface area contributed by atoms with Crippen LogP contribution in [0.5, 0.6) is 11.5 Å². The predicted molar refractivity (Wildman–Crippen MR) is 120 cm³/mol. The van der Waals surface area contributed by atoms with Crippen molar-refractivity contribution in [3.63, 3.8) is 0 Å². The molecule has 11 nitrogen and oxygen atoms in total. The second-order valence-electron chi connectivity index (χ2n) is 8.77. The summed E-state index contributed by atoms with van der Waals surface area (Å²) in [6, 6.07) is 3.06. The molecule has 1 atom stereocenters. The van der Waals surface area contributed by atoms with Gasteiger partial charge in [0.2, 0.25) is 18.4 Å². The van der Waals surface area contributed by atoms with Crippen molar-refractivity contribution in [2.45, 2.75) is 38.6 Å². The van der Waals surface area contributed by atoms with Crippen LogP contribution in [0.3, 0.4) is 0 Å². The predicted octanol–water partition coefficient (Wildman–Crippen LogP) is 0.556. The first-order chi connectivity index (χ1) is 17.3. The lowest BCUT2D eigenvalue weighted by Gasteiger charge is -2.31. The zero-order valence-electron chi connectivity index (χ0n) is 19.0. The highest BCUT2D eigenvalue weighted by Gasteiger charge is 2.45.